The minimum atomic E-state index is -1.63. The van der Waals surface area contributed by atoms with Crippen LogP contribution in [0.2, 0.25) is 0 Å². The number of benzene rings is 1. The lowest BCUT2D eigenvalue weighted by Gasteiger charge is -2.28. The van der Waals surface area contributed by atoms with Gasteiger partial charge in [0.1, 0.15) is 5.82 Å². The predicted octanol–water partition coefficient (Wildman–Crippen LogP) is 1.86. The molecule has 0 amide bonds. The molecular formula is C12H15FO3. The molecule has 1 aromatic rings. The van der Waals surface area contributed by atoms with E-state index in [1.807, 2.05) is 0 Å². The summed E-state index contributed by atoms with van der Waals surface area (Å²) in [4.78, 5) is 10.7. The summed E-state index contributed by atoms with van der Waals surface area (Å²) in [5.74, 6) is -1.85. The van der Waals surface area contributed by atoms with Gasteiger partial charge < -0.3 is 10.2 Å². The van der Waals surface area contributed by atoms with Gasteiger partial charge in [-0.3, -0.25) is 0 Å². The van der Waals surface area contributed by atoms with Gasteiger partial charge in [0.05, 0.1) is 0 Å². The van der Waals surface area contributed by atoms with Gasteiger partial charge in [-0.25, -0.2) is 9.18 Å². The van der Waals surface area contributed by atoms with Gasteiger partial charge in [0.25, 0.3) is 0 Å². The average Bonchev–Trinajstić information content (AvgIpc) is 2.15. The van der Waals surface area contributed by atoms with E-state index in [1.165, 1.54) is 26.0 Å². The van der Waals surface area contributed by atoms with Crippen molar-refractivity contribution >= 4 is 5.97 Å². The highest BCUT2D eigenvalue weighted by atomic mass is 19.1. The standard InChI is InChI=1S/C12H15FO3/c1-7-4-5-8(9(13)6-7)12(2,3)10(14)11(15)16/h4-6,10,14H,1-3H3,(H,15,16). The van der Waals surface area contributed by atoms with Gasteiger partial charge in [0, 0.05) is 5.41 Å². The Morgan fingerprint density at radius 2 is 2.00 bits per heavy atom. The van der Waals surface area contributed by atoms with E-state index in [2.05, 4.69) is 0 Å². The molecule has 0 aliphatic carbocycles. The molecule has 1 atom stereocenters. The number of hydrogen-bond donors (Lipinski definition) is 2. The Balaban J connectivity index is 3.21. The molecule has 4 heteroatoms. The first-order valence-electron chi connectivity index (χ1n) is 4.94. The van der Waals surface area contributed by atoms with Crippen LogP contribution in [0.3, 0.4) is 0 Å². The molecule has 0 aliphatic rings. The summed E-state index contributed by atoms with van der Waals surface area (Å²) in [5, 5.41) is 18.3. The van der Waals surface area contributed by atoms with E-state index in [1.54, 1.807) is 13.0 Å². The molecule has 0 saturated carbocycles. The van der Waals surface area contributed by atoms with Crippen LogP contribution < -0.4 is 0 Å². The summed E-state index contributed by atoms with van der Waals surface area (Å²) in [6, 6.07) is 4.53. The third-order valence-corrected chi connectivity index (χ3v) is 2.74. The highest BCUT2D eigenvalue weighted by Gasteiger charge is 2.36. The minimum Gasteiger partial charge on any atom is -0.479 e. The number of aliphatic hydroxyl groups excluding tert-OH is 1. The largest absolute Gasteiger partial charge is 0.479 e. The monoisotopic (exact) mass is 226 g/mol. The maximum Gasteiger partial charge on any atom is 0.333 e. The van der Waals surface area contributed by atoms with Crippen LogP contribution in [-0.2, 0) is 10.2 Å². The van der Waals surface area contributed by atoms with Crippen LogP contribution in [-0.4, -0.2) is 22.3 Å². The first-order valence-corrected chi connectivity index (χ1v) is 4.94. The van der Waals surface area contributed by atoms with Gasteiger partial charge in [-0.2, -0.15) is 0 Å². The van der Waals surface area contributed by atoms with Crippen molar-refractivity contribution in [1.29, 1.82) is 0 Å². The smallest absolute Gasteiger partial charge is 0.333 e. The van der Waals surface area contributed by atoms with Crippen LogP contribution in [0.1, 0.15) is 25.0 Å². The molecule has 0 fully saturated rings. The second-order valence-electron chi connectivity index (χ2n) is 4.45. The third kappa shape index (κ3) is 2.22. The summed E-state index contributed by atoms with van der Waals surface area (Å²) < 4.78 is 13.7. The number of carboxylic acid groups (broad SMARTS) is 1. The Morgan fingerprint density at radius 3 is 2.44 bits per heavy atom. The number of aliphatic carboxylic acids is 1. The number of hydrogen-bond acceptors (Lipinski definition) is 2. The molecule has 0 aliphatic heterocycles. The molecule has 0 spiro atoms. The van der Waals surface area contributed by atoms with E-state index in [-0.39, 0.29) is 5.56 Å². The van der Waals surface area contributed by atoms with Crippen LogP contribution in [0.4, 0.5) is 4.39 Å². The van der Waals surface area contributed by atoms with Gasteiger partial charge >= 0.3 is 5.97 Å². The van der Waals surface area contributed by atoms with Crippen molar-refractivity contribution in [2.75, 3.05) is 0 Å². The summed E-state index contributed by atoms with van der Waals surface area (Å²) >= 11 is 0. The fourth-order valence-corrected chi connectivity index (χ4v) is 1.60. The summed E-state index contributed by atoms with van der Waals surface area (Å²) in [6.07, 6.45) is -1.63. The van der Waals surface area contributed by atoms with E-state index in [9.17, 15) is 14.3 Å². The molecule has 0 heterocycles. The predicted molar refractivity (Wildman–Crippen MR) is 57.8 cm³/mol. The van der Waals surface area contributed by atoms with E-state index in [0.29, 0.717) is 0 Å². The van der Waals surface area contributed by atoms with Crippen molar-refractivity contribution in [2.24, 2.45) is 0 Å². The zero-order valence-electron chi connectivity index (χ0n) is 9.49. The Hall–Kier alpha value is -1.42. The number of aliphatic hydroxyl groups is 1. The van der Waals surface area contributed by atoms with E-state index in [0.717, 1.165) is 5.56 Å². The first-order chi connectivity index (χ1) is 7.26. The minimum absolute atomic E-state index is 0.202. The molecule has 1 unspecified atom stereocenters. The second-order valence-corrected chi connectivity index (χ2v) is 4.45. The SMILES string of the molecule is Cc1ccc(C(C)(C)C(O)C(=O)O)c(F)c1. The van der Waals surface area contributed by atoms with E-state index < -0.39 is 23.3 Å². The molecule has 0 saturated heterocycles. The fraction of sp³-hybridized carbons (Fsp3) is 0.417. The van der Waals surface area contributed by atoms with Crippen molar-refractivity contribution in [3.63, 3.8) is 0 Å². The van der Waals surface area contributed by atoms with Gasteiger partial charge in [0.15, 0.2) is 6.10 Å². The lowest BCUT2D eigenvalue weighted by molar-refractivity contribution is -0.150. The number of rotatable bonds is 3. The molecule has 16 heavy (non-hydrogen) atoms. The first kappa shape index (κ1) is 12.6. The summed E-state index contributed by atoms with van der Waals surface area (Å²) in [7, 11) is 0. The van der Waals surface area contributed by atoms with Gasteiger partial charge in [0.2, 0.25) is 0 Å². The normalized spacial score (nSPS) is 13.6. The van der Waals surface area contributed by atoms with Gasteiger partial charge in [-0.15, -0.1) is 0 Å². The Morgan fingerprint density at radius 1 is 1.44 bits per heavy atom. The Kier molecular flexibility index (Phi) is 3.33. The Bertz CT molecular complexity index is 413. The Labute approximate surface area is 93.5 Å². The van der Waals surface area contributed by atoms with Crippen LogP contribution in [0.15, 0.2) is 18.2 Å². The van der Waals surface area contributed by atoms with Crippen LogP contribution in [0, 0.1) is 12.7 Å². The quantitative estimate of drug-likeness (QED) is 0.827. The lowest BCUT2D eigenvalue weighted by Crippen LogP contribution is -2.40. The van der Waals surface area contributed by atoms with Crippen molar-refractivity contribution < 1.29 is 19.4 Å². The van der Waals surface area contributed by atoms with Gasteiger partial charge in [-0.1, -0.05) is 26.0 Å². The highest BCUT2D eigenvalue weighted by molar-refractivity contribution is 5.74. The molecule has 1 rings (SSSR count). The van der Waals surface area contributed by atoms with E-state index >= 15 is 0 Å². The fourth-order valence-electron chi connectivity index (χ4n) is 1.60. The molecule has 88 valence electrons. The lowest BCUT2D eigenvalue weighted by atomic mass is 9.79. The molecule has 2 N–H and O–H groups in total. The van der Waals surface area contributed by atoms with E-state index in [4.69, 9.17) is 5.11 Å². The van der Waals surface area contributed by atoms with Crippen LogP contribution >= 0.6 is 0 Å². The van der Waals surface area contributed by atoms with Crippen molar-refractivity contribution in [1.82, 2.24) is 0 Å². The van der Waals surface area contributed by atoms with Crippen LogP contribution in [0.25, 0.3) is 0 Å². The number of carbonyl (C=O) groups is 1. The summed E-state index contributed by atoms with van der Waals surface area (Å²) in [6.45, 7) is 4.74. The molecule has 0 radical (unpaired) electrons. The maximum atomic E-state index is 13.7. The molecule has 1 aromatic carbocycles. The zero-order valence-corrected chi connectivity index (χ0v) is 9.49. The van der Waals surface area contributed by atoms with Crippen molar-refractivity contribution in [3.05, 3.63) is 35.1 Å². The van der Waals surface area contributed by atoms with Crippen molar-refractivity contribution in [3.8, 4) is 0 Å². The molecule has 3 nitrogen and oxygen atoms in total. The third-order valence-electron chi connectivity index (χ3n) is 2.74. The topological polar surface area (TPSA) is 57.5 Å². The molecular weight excluding hydrogens is 211 g/mol. The zero-order chi connectivity index (χ0) is 12.5. The van der Waals surface area contributed by atoms with Crippen molar-refractivity contribution in [2.45, 2.75) is 32.3 Å². The van der Waals surface area contributed by atoms with Gasteiger partial charge in [-0.05, 0) is 24.1 Å². The van der Waals surface area contributed by atoms with Crippen LogP contribution in [0.5, 0.6) is 0 Å². The molecule has 0 bridgehead atoms. The second kappa shape index (κ2) is 4.22. The number of carboxylic acids is 1. The highest BCUT2D eigenvalue weighted by Crippen LogP contribution is 2.30. The molecule has 0 aromatic heterocycles. The number of aryl methyl sites for hydroxylation is 1. The maximum absolute atomic E-state index is 13.7. The number of halogens is 1. The summed E-state index contributed by atoms with van der Waals surface area (Å²) in [5.41, 5.74) is -0.210. The average molecular weight is 226 g/mol.